The van der Waals surface area contributed by atoms with Crippen molar-refractivity contribution in [2.24, 2.45) is 0 Å². The Bertz CT molecular complexity index is 1160. The first-order valence-corrected chi connectivity index (χ1v) is 10.6. The van der Waals surface area contributed by atoms with Gasteiger partial charge in [-0.25, -0.2) is 4.79 Å². The van der Waals surface area contributed by atoms with Gasteiger partial charge in [-0.1, -0.05) is 43.9 Å². The fourth-order valence-corrected chi connectivity index (χ4v) is 5.09. The second kappa shape index (κ2) is 7.22. The third kappa shape index (κ3) is 3.00. The van der Waals surface area contributed by atoms with Gasteiger partial charge in [0.05, 0.1) is 6.04 Å². The average Bonchev–Trinajstić information content (AvgIpc) is 2.88. The number of aromatic amines is 2. The highest BCUT2D eigenvalue weighted by molar-refractivity contribution is 5.85. The molecule has 7 nitrogen and oxygen atoms in total. The van der Waals surface area contributed by atoms with Crippen LogP contribution >= 0.6 is 0 Å². The van der Waals surface area contributed by atoms with E-state index in [9.17, 15) is 14.7 Å². The Labute approximate surface area is 167 Å². The molecule has 1 aliphatic heterocycles. The Morgan fingerprint density at radius 2 is 1.76 bits per heavy atom. The van der Waals surface area contributed by atoms with Crippen LogP contribution in [0, 0.1) is 0 Å². The summed E-state index contributed by atoms with van der Waals surface area (Å²) >= 11 is 0. The summed E-state index contributed by atoms with van der Waals surface area (Å²) in [4.78, 5) is 31.3. The molecule has 1 aromatic carbocycles. The number of hydrogen-bond donors (Lipinski definition) is 4. The summed E-state index contributed by atoms with van der Waals surface area (Å²) in [6.07, 6.45) is 6.87. The molecule has 0 saturated heterocycles. The highest BCUT2D eigenvalue weighted by Gasteiger charge is 2.32. The number of aromatic hydroxyl groups is 1. The van der Waals surface area contributed by atoms with Crippen LogP contribution in [-0.4, -0.2) is 26.2 Å². The van der Waals surface area contributed by atoms with E-state index < -0.39 is 17.3 Å². The molecular weight excluding hydrogens is 368 g/mol. The molecule has 0 spiro atoms. The topological polar surface area (TPSA) is 103 Å². The van der Waals surface area contributed by atoms with E-state index in [2.05, 4.69) is 21.4 Å². The fourth-order valence-electron chi connectivity index (χ4n) is 5.09. The molecule has 1 saturated carbocycles. The summed E-state index contributed by atoms with van der Waals surface area (Å²) in [5.74, 6) is -0.199. The van der Waals surface area contributed by atoms with Gasteiger partial charge in [0.15, 0.2) is 0 Å². The fraction of sp³-hybridized carbons (Fsp3) is 0.455. The van der Waals surface area contributed by atoms with Gasteiger partial charge in [0.25, 0.3) is 5.56 Å². The van der Waals surface area contributed by atoms with Crippen LogP contribution in [0.4, 0.5) is 0 Å². The second-order valence-corrected chi connectivity index (χ2v) is 8.21. The molecule has 29 heavy (non-hydrogen) atoms. The van der Waals surface area contributed by atoms with Crippen LogP contribution in [0.1, 0.15) is 67.4 Å². The highest BCUT2D eigenvalue weighted by atomic mass is 16.3. The third-order valence-corrected chi connectivity index (χ3v) is 6.49. The lowest BCUT2D eigenvalue weighted by Gasteiger charge is -2.27. The molecule has 7 heteroatoms. The van der Waals surface area contributed by atoms with Gasteiger partial charge in [0, 0.05) is 29.2 Å². The number of H-pyrrole nitrogens is 2. The van der Waals surface area contributed by atoms with E-state index in [1.165, 1.54) is 4.57 Å². The van der Waals surface area contributed by atoms with E-state index in [-0.39, 0.29) is 17.5 Å². The molecule has 3 heterocycles. The molecule has 1 atom stereocenters. The maximum atomic E-state index is 12.8. The number of hydrogen-bond acceptors (Lipinski definition) is 4. The molecule has 0 radical (unpaired) electrons. The summed E-state index contributed by atoms with van der Waals surface area (Å²) in [5.41, 5.74) is 2.25. The Morgan fingerprint density at radius 1 is 1.00 bits per heavy atom. The van der Waals surface area contributed by atoms with Crippen LogP contribution in [0.3, 0.4) is 0 Å². The van der Waals surface area contributed by atoms with Gasteiger partial charge < -0.3 is 15.4 Å². The molecule has 152 valence electrons. The molecule has 2 aliphatic rings. The van der Waals surface area contributed by atoms with E-state index in [0.29, 0.717) is 6.54 Å². The molecule has 3 aromatic rings. The number of aromatic nitrogens is 3. The van der Waals surface area contributed by atoms with Gasteiger partial charge in [-0.15, -0.1) is 0 Å². The van der Waals surface area contributed by atoms with Crippen molar-refractivity contribution >= 4 is 10.9 Å². The van der Waals surface area contributed by atoms with Crippen LogP contribution < -0.4 is 16.6 Å². The minimum Gasteiger partial charge on any atom is -0.494 e. The van der Waals surface area contributed by atoms with E-state index in [1.54, 1.807) is 0 Å². The van der Waals surface area contributed by atoms with Crippen molar-refractivity contribution in [3.8, 4) is 5.88 Å². The van der Waals surface area contributed by atoms with Crippen molar-refractivity contribution in [1.82, 2.24) is 19.9 Å². The Morgan fingerprint density at radius 3 is 2.55 bits per heavy atom. The van der Waals surface area contributed by atoms with Gasteiger partial charge in [-0.05, 0) is 30.9 Å². The van der Waals surface area contributed by atoms with Gasteiger partial charge in [0.1, 0.15) is 5.56 Å². The Hall–Kier alpha value is -2.80. The SMILES string of the molecule is O=c1[nH]c(=O)n(C2CCCCCC2)c(O)c1[C@H]1NCCc2c1[nH]c1ccccc21. The zero-order valence-corrected chi connectivity index (χ0v) is 16.3. The van der Waals surface area contributed by atoms with Gasteiger partial charge in [-0.3, -0.25) is 14.3 Å². The third-order valence-electron chi connectivity index (χ3n) is 6.49. The first-order chi connectivity index (χ1) is 14.1. The number of rotatable bonds is 2. The summed E-state index contributed by atoms with van der Waals surface area (Å²) in [6.45, 7) is 0.695. The number of fused-ring (bicyclic) bond motifs is 3. The van der Waals surface area contributed by atoms with Gasteiger partial charge in [0.2, 0.25) is 5.88 Å². The summed E-state index contributed by atoms with van der Waals surface area (Å²) in [5, 5.41) is 15.6. The van der Waals surface area contributed by atoms with Crippen LogP contribution in [0.15, 0.2) is 33.9 Å². The minimum absolute atomic E-state index is 0.0774. The molecule has 5 rings (SSSR count). The first-order valence-electron chi connectivity index (χ1n) is 10.6. The second-order valence-electron chi connectivity index (χ2n) is 8.21. The lowest BCUT2D eigenvalue weighted by molar-refractivity contribution is 0.329. The van der Waals surface area contributed by atoms with Crippen molar-refractivity contribution in [2.75, 3.05) is 6.54 Å². The molecule has 0 unspecified atom stereocenters. The standard InChI is InChI=1S/C22H26N4O3/c27-20-17(21(28)26(22(29)25-20)13-7-3-1-2-4-8-13)19-18-15(11-12-23-19)14-9-5-6-10-16(14)24-18/h5-6,9-10,13,19,23-24,28H,1-4,7-8,11-12H2,(H,25,27,29)/t19-/m1/s1. The molecule has 2 aromatic heterocycles. The smallest absolute Gasteiger partial charge is 0.331 e. The van der Waals surface area contributed by atoms with Crippen LogP contribution in [0.2, 0.25) is 0 Å². The summed E-state index contributed by atoms with van der Waals surface area (Å²) in [7, 11) is 0. The van der Waals surface area contributed by atoms with E-state index in [4.69, 9.17) is 0 Å². The molecule has 0 amide bonds. The minimum atomic E-state index is -0.527. The number of nitrogens with zero attached hydrogens (tertiary/aromatic N) is 1. The lowest BCUT2D eigenvalue weighted by Crippen LogP contribution is -2.40. The maximum Gasteiger partial charge on any atom is 0.331 e. The number of para-hydroxylation sites is 1. The van der Waals surface area contributed by atoms with Crippen molar-refractivity contribution < 1.29 is 5.11 Å². The molecule has 1 fully saturated rings. The molecule has 1 aliphatic carbocycles. The highest BCUT2D eigenvalue weighted by Crippen LogP contribution is 2.36. The molecule has 4 N–H and O–H groups in total. The predicted molar refractivity (Wildman–Crippen MR) is 112 cm³/mol. The summed E-state index contributed by atoms with van der Waals surface area (Å²) < 4.78 is 1.42. The van der Waals surface area contributed by atoms with Crippen molar-refractivity contribution in [3.05, 3.63) is 61.9 Å². The largest absolute Gasteiger partial charge is 0.494 e. The van der Waals surface area contributed by atoms with E-state index in [1.807, 2.05) is 18.2 Å². The van der Waals surface area contributed by atoms with Crippen LogP contribution in [0.5, 0.6) is 5.88 Å². The Balaban J connectivity index is 1.67. The molecular formula is C22H26N4O3. The van der Waals surface area contributed by atoms with Gasteiger partial charge >= 0.3 is 5.69 Å². The lowest BCUT2D eigenvalue weighted by atomic mass is 9.95. The maximum absolute atomic E-state index is 12.8. The Kier molecular flexibility index (Phi) is 4.54. The number of nitrogens with one attached hydrogen (secondary N) is 3. The van der Waals surface area contributed by atoms with E-state index >= 15 is 0 Å². The van der Waals surface area contributed by atoms with E-state index in [0.717, 1.165) is 67.1 Å². The van der Waals surface area contributed by atoms with Crippen LogP contribution in [-0.2, 0) is 6.42 Å². The van der Waals surface area contributed by atoms with Crippen molar-refractivity contribution in [1.29, 1.82) is 0 Å². The summed E-state index contributed by atoms with van der Waals surface area (Å²) in [6, 6.07) is 7.51. The van der Waals surface area contributed by atoms with Crippen molar-refractivity contribution in [3.63, 3.8) is 0 Å². The first kappa shape index (κ1) is 18.2. The average molecular weight is 394 g/mol. The number of benzene rings is 1. The predicted octanol–water partition coefficient (Wildman–Crippen LogP) is 2.85. The quantitative estimate of drug-likeness (QED) is 0.502. The van der Waals surface area contributed by atoms with Crippen LogP contribution in [0.25, 0.3) is 10.9 Å². The zero-order valence-electron chi connectivity index (χ0n) is 16.3. The monoisotopic (exact) mass is 394 g/mol. The van der Waals surface area contributed by atoms with Gasteiger partial charge in [-0.2, -0.15) is 0 Å². The van der Waals surface area contributed by atoms with Crippen molar-refractivity contribution in [2.45, 2.75) is 57.0 Å². The molecule has 0 bridgehead atoms. The normalized spacial score (nSPS) is 20.5. The zero-order chi connectivity index (χ0) is 20.0.